The van der Waals surface area contributed by atoms with E-state index in [9.17, 15) is 4.79 Å². The monoisotopic (exact) mass is 290 g/mol. The molecule has 0 aliphatic carbocycles. The minimum absolute atomic E-state index is 0.375. The summed E-state index contributed by atoms with van der Waals surface area (Å²) in [4.78, 5) is 12.1. The Kier molecular flexibility index (Phi) is 4.49. The maximum absolute atomic E-state index is 11.8. The van der Waals surface area contributed by atoms with E-state index in [1.807, 2.05) is 30.3 Å². The number of hydrogen-bond acceptors (Lipinski definition) is 2. The number of hydrogen-bond donors (Lipinski definition) is 2. The quantitative estimate of drug-likeness (QED) is 0.825. The molecule has 0 saturated heterocycles. The molecule has 2 aromatic carbocycles. The predicted molar refractivity (Wildman–Crippen MR) is 81.7 cm³/mol. The van der Waals surface area contributed by atoms with Crippen LogP contribution in [0, 0.1) is 0 Å². The van der Waals surface area contributed by atoms with Gasteiger partial charge in [0, 0.05) is 16.3 Å². The van der Waals surface area contributed by atoms with Gasteiger partial charge in [-0.1, -0.05) is 60.2 Å². The Morgan fingerprint density at radius 2 is 1.79 bits per heavy atom. The third-order valence-corrected chi connectivity index (χ3v) is 2.92. The first-order valence-corrected chi connectivity index (χ1v) is 6.37. The van der Waals surface area contributed by atoms with E-state index in [4.69, 9.17) is 23.8 Å². The predicted octanol–water partition coefficient (Wildman–Crippen LogP) is 3.84. The average molecular weight is 291 g/mol. The van der Waals surface area contributed by atoms with Crippen molar-refractivity contribution in [3.8, 4) is 0 Å². The second-order valence-electron chi connectivity index (χ2n) is 3.78. The van der Waals surface area contributed by atoms with Crippen LogP contribution < -0.4 is 10.6 Å². The summed E-state index contributed by atoms with van der Waals surface area (Å²) in [6.07, 6.45) is 0. The van der Waals surface area contributed by atoms with Crippen LogP contribution in [0.4, 0.5) is 10.5 Å². The van der Waals surface area contributed by atoms with Crippen molar-refractivity contribution in [1.82, 2.24) is 5.32 Å². The first-order valence-electron chi connectivity index (χ1n) is 5.58. The zero-order valence-electron chi connectivity index (χ0n) is 9.89. The molecule has 2 N–H and O–H groups in total. The summed E-state index contributed by atoms with van der Waals surface area (Å²) >= 11 is 11.0. The maximum Gasteiger partial charge on any atom is 0.324 e. The van der Waals surface area contributed by atoms with Crippen LogP contribution in [0.5, 0.6) is 0 Å². The third kappa shape index (κ3) is 4.05. The smallest absolute Gasteiger partial charge is 0.308 e. The molecule has 0 aliphatic rings. The number of benzene rings is 2. The van der Waals surface area contributed by atoms with Crippen LogP contribution >= 0.6 is 23.8 Å². The van der Waals surface area contributed by atoms with Crippen molar-refractivity contribution < 1.29 is 4.79 Å². The van der Waals surface area contributed by atoms with E-state index in [0.29, 0.717) is 15.7 Å². The van der Waals surface area contributed by atoms with E-state index in [2.05, 4.69) is 10.6 Å². The second kappa shape index (κ2) is 6.31. The molecule has 2 rings (SSSR count). The largest absolute Gasteiger partial charge is 0.324 e. The molecular formula is C14H11ClN2OS. The number of anilines is 1. The molecule has 0 bridgehead atoms. The number of carbonyl (C=O) groups excluding carboxylic acids is 1. The molecule has 0 spiro atoms. The Labute approximate surface area is 121 Å². The first-order chi connectivity index (χ1) is 9.15. The van der Waals surface area contributed by atoms with Crippen LogP contribution in [0.2, 0.25) is 5.02 Å². The van der Waals surface area contributed by atoms with Gasteiger partial charge in [-0.15, -0.1) is 0 Å². The van der Waals surface area contributed by atoms with Gasteiger partial charge in [0.1, 0.15) is 4.99 Å². The fourth-order valence-electron chi connectivity index (χ4n) is 1.49. The van der Waals surface area contributed by atoms with Gasteiger partial charge in [-0.3, -0.25) is 5.32 Å². The Morgan fingerprint density at radius 1 is 1.05 bits per heavy atom. The Balaban J connectivity index is 1.97. The van der Waals surface area contributed by atoms with Crippen LogP contribution in [0.25, 0.3) is 0 Å². The lowest BCUT2D eigenvalue weighted by atomic mass is 10.2. The van der Waals surface area contributed by atoms with E-state index < -0.39 is 6.03 Å². The van der Waals surface area contributed by atoms with Crippen molar-refractivity contribution in [2.45, 2.75) is 0 Å². The van der Waals surface area contributed by atoms with Gasteiger partial charge < -0.3 is 5.32 Å². The second-order valence-corrected chi connectivity index (χ2v) is 4.63. The van der Waals surface area contributed by atoms with Crippen molar-refractivity contribution >= 4 is 40.5 Å². The van der Waals surface area contributed by atoms with E-state index in [0.717, 1.165) is 5.56 Å². The third-order valence-electron chi connectivity index (χ3n) is 2.35. The maximum atomic E-state index is 11.8. The highest BCUT2D eigenvalue weighted by atomic mass is 35.5. The van der Waals surface area contributed by atoms with Gasteiger partial charge >= 0.3 is 6.03 Å². The Bertz CT molecular complexity index is 601. The average Bonchev–Trinajstić information content (AvgIpc) is 2.39. The molecular weight excluding hydrogens is 280 g/mol. The number of thiocarbonyl (C=S) groups is 1. The summed E-state index contributed by atoms with van der Waals surface area (Å²) in [5.74, 6) is 0. The summed E-state index contributed by atoms with van der Waals surface area (Å²) in [5.41, 5.74) is 1.40. The van der Waals surface area contributed by atoms with Gasteiger partial charge in [-0.2, -0.15) is 0 Å². The Morgan fingerprint density at radius 3 is 2.47 bits per heavy atom. The summed E-state index contributed by atoms with van der Waals surface area (Å²) < 4.78 is 0. The fourth-order valence-corrected chi connectivity index (χ4v) is 1.91. The topological polar surface area (TPSA) is 41.1 Å². The standard InChI is InChI=1S/C14H11ClN2OS/c15-11-7-4-8-12(9-11)16-14(18)17-13(19)10-5-2-1-3-6-10/h1-9H,(H2,16,17,18,19). The molecule has 0 radical (unpaired) electrons. The zero-order valence-corrected chi connectivity index (χ0v) is 11.5. The van der Waals surface area contributed by atoms with Crippen LogP contribution in [0.15, 0.2) is 54.6 Å². The zero-order chi connectivity index (χ0) is 13.7. The highest BCUT2D eigenvalue weighted by Gasteiger charge is 2.06. The number of rotatable bonds is 2. The van der Waals surface area contributed by atoms with E-state index in [-0.39, 0.29) is 0 Å². The minimum Gasteiger partial charge on any atom is -0.308 e. The van der Waals surface area contributed by atoms with Crippen LogP contribution in [0.3, 0.4) is 0 Å². The molecule has 0 saturated carbocycles. The number of halogens is 1. The first kappa shape index (κ1) is 13.5. The van der Waals surface area contributed by atoms with Crippen molar-refractivity contribution in [3.05, 3.63) is 65.2 Å². The minimum atomic E-state index is -0.392. The fraction of sp³-hybridized carbons (Fsp3) is 0. The summed E-state index contributed by atoms with van der Waals surface area (Å²) in [6, 6.07) is 15.8. The van der Waals surface area contributed by atoms with Gasteiger partial charge in [0.25, 0.3) is 0 Å². The van der Waals surface area contributed by atoms with Gasteiger partial charge in [-0.25, -0.2) is 4.79 Å². The van der Waals surface area contributed by atoms with E-state index in [1.165, 1.54) is 0 Å². The van der Waals surface area contributed by atoms with Crippen molar-refractivity contribution in [3.63, 3.8) is 0 Å². The van der Waals surface area contributed by atoms with E-state index >= 15 is 0 Å². The normalized spacial score (nSPS) is 9.74. The lowest BCUT2D eigenvalue weighted by molar-refractivity contribution is 0.256. The number of urea groups is 1. The van der Waals surface area contributed by atoms with Crippen LogP contribution in [-0.4, -0.2) is 11.0 Å². The van der Waals surface area contributed by atoms with Crippen molar-refractivity contribution in [2.24, 2.45) is 0 Å². The summed E-state index contributed by atoms with van der Waals surface area (Å²) in [5, 5.41) is 5.82. The molecule has 0 aromatic heterocycles. The lowest BCUT2D eigenvalue weighted by Crippen LogP contribution is -2.33. The molecule has 0 atom stereocenters. The molecule has 2 amide bonds. The van der Waals surface area contributed by atoms with E-state index in [1.54, 1.807) is 24.3 Å². The molecule has 0 heterocycles. The van der Waals surface area contributed by atoms with Gasteiger partial charge in [0.05, 0.1) is 0 Å². The van der Waals surface area contributed by atoms with Gasteiger partial charge in [0.2, 0.25) is 0 Å². The number of amides is 2. The summed E-state index contributed by atoms with van der Waals surface area (Å²) in [7, 11) is 0. The molecule has 3 nitrogen and oxygen atoms in total. The molecule has 2 aromatic rings. The highest BCUT2D eigenvalue weighted by Crippen LogP contribution is 2.14. The molecule has 19 heavy (non-hydrogen) atoms. The number of carbonyl (C=O) groups is 1. The molecule has 0 fully saturated rings. The van der Waals surface area contributed by atoms with Crippen molar-refractivity contribution in [1.29, 1.82) is 0 Å². The lowest BCUT2D eigenvalue weighted by Gasteiger charge is -2.08. The van der Waals surface area contributed by atoms with Crippen molar-refractivity contribution in [2.75, 3.05) is 5.32 Å². The molecule has 0 aliphatic heterocycles. The Hall–Kier alpha value is -1.91. The van der Waals surface area contributed by atoms with Crippen LogP contribution in [-0.2, 0) is 0 Å². The molecule has 0 unspecified atom stereocenters. The van der Waals surface area contributed by atoms with Gasteiger partial charge in [-0.05, 0) is 18.2 Å². The molecule has 96 valence electrons. The highest BCUT2D eigenvalue weighted by molar-refractivity contribution is 7.80. The van der Waals surface area contributed by atoms with Gasteiger partial charge in [0.15, 0.2) is 0 Å². The molecule has 5 heteroatoms. The summed E-state index contributed by atoms with van der Waals surface area (Å²) in [6.45, 7) is 0. The number of nitrogens with one attached hydrogen (secondary N) is 2. The van der Waals surface area contributed by atoms with Crippen LogP contribution in [0.1, 0.15) is 5.56 Å². The SMILES string of the molecule is O=C(NC(=S)c1ccccc1)Nc1cccc(Cl)c1.